The second-order valence-corrected chi connectivity index (χ2v) is 9.27. The molecular formula is C26H28FN3O2. The van der Waals surface area contributed by atoms with E-state index in [1.807, 2.05) is 36.2 Å². The van der Waals surface area contributed by atoms with E-state index in [2.05, 4.69) is 23.7 Å². The van der Waals surface area contributed by atoms with Crippen molar-refractivity contribution in [2.45, 2.75) is 51.1 Å². The lowest BCUT2D eigenvalue weighted by atomic mass is 9.76. The van der Waals surface area contributed by atoms with Crippen LogP contribution in [-0.2, 0) is 11.8 Å². The monoisotopic (exact) mass is 433 g/mol. The van der Waals surface area contributed by atoms with E-state index in [0.29, 0.717) is 24.9 Å². The Morgan fingerprint density at radius 1 is 1.16 bits per heavy atom. The van der Waals surface area contributed by atoms with Gasteiger partial charge in [0.2, 0.25) is 5.91 Å². The lowest BCUT2D eigenvalue weighted by Gasteiger charge is -2.48. The lowest BCUT2D eigenvalue weighted by Crippen LogP contribution is -2.58. The Labute approximate surface area is 187 Å². The Balaban J connectivity index is 1.60. The number of aromatic nitrogens is 1. The fourth-order valence-corrected chi connectivity index (χ4v) is 5.71. The quantitative estimate of drug-likeness (QED) is 0.644. The molecule has 1 N–H and O–H groups in total. The van der Waals surface area contributed by atoms with Gasteiger partial charge in [-0.05, 0) is 74.6 Å². The van der Waals surface area contributed by atoms with Crippen LogP contribution in [0.3, 0.4) is 0 Å². The normalized spacial score (nSPS) is 23.2. The maximum atomic E-state index is 14.2. The van der Waals surface area contributed by atoms with E-state index in [9.17, 15) is 14.0 Å². The number of rotatable bonds is 2. The van der Waals surface area contributed by atoms with Gasteiger partial charge in [-0.3, -0.25) is 9.59 Å². The molecule has 1 aromatic heterocycles. The minimum Gasteiger partial charge on any atom is -0.348 e. The molecule has 0 saturated carbocycles. The first-order valence-corrected chi connectivity index (χ1v) is 11.2. The fraction of sp³-hybridized carbons (Fsp3) is 0.385. The van der Waals surface area contributed by atoms with Gasteiger partial charge in [-0.1, -0.05) is 12.1 Å². The Bertz CT molecular complexity index is 1250. The zero-order valence-electron chi connectivity index (χ0n) is 18.7. The van der Waals surface area contributed by atoms with Crippen LogP contribution in [0.5, 0.6) is 0 Å². The van der Waals surface area contributed by atoms with Gasteiger partial charge in [-0.25, -0.2) is 4.39 Å². The van der Waals surface area contributed by atoms with Crippen molar-refractivity contribution in [1.82, 2.24) is 14.8 Å². The molecule has 0 unspecified atom stereocenters. The average Bonchev–Trinajstić information content (AvgIpc) is 3.25. The van der Waals surface area contributed by atoms with Crippen molar-refractivity contribution in [3.63, 3.8) is 0 Å². The van der Waals surface area contributed by atoms with Crippen LogP contribution in [0.2, 0.25) is 0 Å². The summed E-state index contributed by atoms with van der Waals surface area (Å²) >= 11 is 0. The molecule has 32 heavy (non-hydrogen) atoms. The molecule has 6 heteroatoms. The number of piperidine rings is 1. The molecule has 5 rings (SSSR count). The lowest BCUT2D eigenvalue weighted by molar-refractivity contribution is -0.120. The summed E-state index contributed by atoms with van der Waals surface area (Å²) in [6.45, 7) is 4.72. The van der Waals surface area contributed by atoms with Crippen molar-refractivity contribution in [3.8, 4) is 0 Å². The first-order chi connectivity index (χ1) is 15.3. The third kappa shape index (κ3) is 3.12. The maximum absolute atomic E-state index is 14.2. The molecule has 2 amide bonds. The summed E-state index contributed by atoms with van der Waals surface area (Å²) in [5, 5.41) is 4.23. The number of likely N-dealkylation sites (tertiary alicyclic amines) is 1. The van der Waals surface area contributed by atoms with Gasteiger partial charge in [0.1, 0.15) is 5.82 Å². The zero-order chi connectivity index (χ0) is 22.6. The summed E-state index contributed by atoms with van der Waals surface area (Å²) in [5.74, 6) is -0.420. The van der Waals surface area contributed by atoms with Gasteiger partial charge >= 0.3 is 0 Å². The highest BCUT2D eigenvalue weighted by Crippen LogP contribution is 2.45. The Kier molecular flexibility index (Phi) is 4.84. The molecule has 5 nitrogen and oxygen atoms in total. The Morgan fingerprint density at radius 3 is 2.69 bits per heavy atom. The second kappa shape index (κ2) is 7.47. The number of halogens is 1. The van der Waals surface area contributed by atoms with Crippen molar-refractivity contribution in [3.05, 3.63) is 70.7 Å². The van der Waals surface area contributed by atoms with Gasteiger partial charge < -0.3 is 14.8 Å². The van der Waals surface area contributed by atoms with Crippen LogP contribution in [-0.4, -0.2) is 33.4 Å². The number of carbonyl (C=O) groups excluding carboxylic acids is 2. The van der Waals surface area contributed by atoms with Crippen molar-refractivity contribution in [2.75, 3.05) is 6.54 Å². The van der Waals surface area contributed by atoms with E-state index < -0.39 is 11.6 Å². The van der Waals surface area contributed by atoms with Gasteiger partial charge in [-0.2, -0.15) is 0 Å². The third-order valence-corrected chi connectivity index (χ3v) is 7.52. The number of benzene rings is 2. The molecule has 2 atom stereocenters. The van der Waals surface area contributed by atoms with Crippen LogP contribution in [0.1, 0.15) is 58.9 Å². The highest BCUT2D eigenvalue weighted by atomic mass is 19.1. The van der Waals surface area contributed by atoms with Gasteiger partial charge in [0.25, 0.3) is 5.91 Å². The van der Waals surface area contributed by atoms with Crippen molar-refractivity contribution >= 4 is 22.7 Å². The van der Waals surface area contributed by atoms with E-state index in [1.165, 1.54) is 17.8 Å². The predicted octanol–water partition coefficient (Wildman–Crippen LogP) is 4.56. The smallest absolute Gasteiger partial charge is 0.254 e. The number of nitrogens with one attached hydrogen (secondary N) is 1. The average molecular weight is 434 g/mol. The van der Waals surface area contributed by atoms with E-state index in [4.69, 9.17) is 0 Å². The zero-order valence-corrected chi connectivity index (χ0v) is 18.7. The summed E-state index contributed by atoms with van der Waals surface area (Å²) in [7, 11) is 2.03. The number of fused-ring (bicyclic) bond motifs is 1. The summed E-state index contributed by atoms with van der Waals surface area (Å²) in [5.41, 5.74) is 4.23. The number of amides is 2. The largest absolute Gasteiger partial charge is 0.348 e. The molecule has 2 saturated heterocycles. The predicted molar refractivity (Wildman–Crippen MR) is 122 cm³/mol. The van der Waals surface area contributed by atoms with E-state index >= 15 is 0 Å². The summed E-state index contributed by atoms with van der Waals surface area (Å²) in [6.07, 6.45) is 2.65. The minimum atomic E-state index is -0.553. The van der Waals surface area contributed by atoms with Crippen LogP contribution in [0.25, 0.3) is 10.9 Å². The van der Waals surface area contributed by atoms with Crippen molar-refractivity contribution in [2.24, 2.45) is 7.05 Å². The topological polar surface area (TPSA) is 54.3 Å². The Morgan fingerprint density at radius 2 is 1.97 bits per heavy atom. The molecule has 3 heterocycles. The van der Waals surface area contributed by atoms with Crippen LogP contribution in [0, 0.1) is 19.7 Å². The minimum absolute atomic E-state index is 0.00231. The first-order valence-electron chi connectivity index (χ1n) is 11.2. The maximum Gasteiger partial charge on any atom is 0.254 e. The number of hydrogen-bond acceptors (Lipinski definition) is 2. The molecule has 166 valence electrons. The van der Waals surface area contributed by atoms with Gasteiger partial charge in [0, 0.05) is 42.2 Å². The molecular weight excluding hydrogens is 405 g/mol. The van der Waals surface area contributed by atoms with E-state index in [0.717, 1.165) is 34.9 Å². The third-order valence-electron chi connectivity index (χ3n) is 7.52. The number of aryl methyl sites for hydroxylation is 2. The summed E-state index contributed by atoms with van der Waals surface area (Å²) in [6, 6.07) is 11.9. The molecule has 2 fully saturated rings. The number of hydrogen-bond donors (Lipinski definition) is 1. The van der Waals surface area contributed by atoms with E-state index in [-0.39, 0.29) is 17.6 Å². The number of carbonyl (C=O) groups is 2. The first kappa shape index (κ1) is 20.7. The van der Waals surface area contributed by atoms with Gasteiger partial charge in [0.15, 0.2) is 0 Å². The van der Waals surface area contributed by atoms with Gasteiger partial charge in [0.05, 0.1) is 11.6 Å². The molecule has 0 radical (unpaired) electrons. The molecule has 2 aromatic carbocycles. The van der Waals surface area contributed by atoms with Crippen LogP contribution in [0.15, 0.2) is 42.5 Å². The molecule has 0 aliphatic carbocycles. The van der Waals surface area contributed by atoms with E-state index in [1.54, 1.807) is 6.07 Å². The summed E-state index contributed by atoms with van der Waals surface area (Å²) in [4.78, 5) is 27.9. The molecule has 2 aliphatic rings. The van der Waals surface area contributed by atoms with Crippen molar-refractivity contribution in [1.29, 1.82) is 0 Å². The SMILES string of the molecule is Cc1c(C)n(C)c2ccc(C(=O)N3CCC[C@]4(CCC(=O)N4)[C@H]3c3cccc(F)c3)cc12. The highest BCUT2D eigenvalue weighted by Gasteiger charge is 2.50. The molecule has 1 spiro atoms. The second-order valence-electron chi connectivity index (χ2n) is 9.27. The Hall–Kier alpha value is -3.15. The highest BCUT2D eigenvalue weighted by molar-refractivity contribution is 5.99. The standard InChI is InChI=1S/C26H28FN3O2/c1-16-17(2)29(3)22-9-8-19(15-21(16)22)25(32)30-13-5-11-26(12-10-23(31)28-26)24(30)18-6-4-7-20(27)14-18/h4,6-9,14-15,24H,5,10-13H2,1-3H3,(H,28,31)/t24-,26+/m1/s1. The fourth-order valence-electron chi connectivity index (χ4n) is 5.71. The summed E-state index contributed by atoms with van der Waals surface area (Å²) < 4.78 is 16.3. The van der Waals surface area contributed by atoms with Crippen LogP contribution in [0.4, 0.5) is 4.39 Å². The van der Waals surface area contributed by atoms with Gasteiger partial charge in [-0.15, -0.1) is 0 Å². The molecule has 3 aromatic rings. The van der Waals surface area contributed by atoms with Crippen molar-refractivity contribution < 1.29 is 14.0 Å². The van der Waals surface area contributed by atoms with Crippen LogP contribution < -0.4 is 5.32 Å². The molecule has 0 bridgehead atoms. The molecule has 2 aliphatic heterocycles. The number of nitrogens with zero attached hydrogens (tertiary/aromatic N) is 2. The van der Waals surface area contributed by atoms with Crippen LogP contribution >= 0.6 is 0 Å².